The Hall–Kier alpha value is -4.35. The smallest absolute Gasteiger partial charge is 0.416 e. The third-order valence-corrected chi connectivity index (χ3v) is 4.94. The van der Waals surface area contributed by atoms with Crippen LogP contribution in [-0.4, -0.2) is 16.7 Å². The molecule has 1 amide bonds. The molecule has 0 aliphatic rings. The van der Waals surface area contributed by atoms with Crippen LogP contribution in [0.5, 0.6) is 0 Å². The summed E-state index contributed by atoms with van der Waals surface area (Å²) < 4.78 is 98.5. The molecule has 0 atom stereocenters. The second-order valence-electron chi connectivity index (χ2n) is 7.44. The molecule has 36 heavy (non-hydrogen) atoms. The summed E-state index contributed by atoms with van der Waals surface area (Å²) in [5, 5.41) is 3.72. The number of carbonyl (C=O) groups excluding carboxylic acids is 1. The zero-order valence-corrected chi connectivity index (χ0v) is 17.9. The Kier molecular flexibility index (Phi) is 6.44. The van der Waals surface area contributed by atoms with Crippen LogP contribution in [0.15, 0.2) is 82.4 Å². The lowest BCUT2D eigenvalue weighted by atomic mass is 10.0. The number of carbonyl (C=O) groups is 1. The van der Waals surface area contributed by atoms with Crippen molar-refractivity contribution in [3.8, 4) is 17.0 Å². The molecule has 0 aliphatic carbocycles. The van der Waals surface area contributed by atoms with E-state index in [0.717, 1.165) is 6.21 Å². The van der Waals surface area contributed by atoms with E-state index < -0.39 is 40.8 Å². The van der Waals surface area contributed by atoms with Crippen molar-refractivity contribution in [2.45, 2.75) is 12.4 Å². The normalized spacial score (nSPS) is 12.3. The number of hydrogen-bond acceptors (Lipinski definition) is 3. The second-order valence-corrected chi connectivity index (χ2v) is 7.44. The van der Waals surface area contributed by atoms with Gasteiger partial charge in [0.05, 0.1) is 17.3 Å². The van der Waals surface area contributed by atoms with E-state index in [1.54, 1.807) is 12.3 Å². The molecule has 12 heteroatoms. The lowest BCUT2D eigenvalue weighted by molar-refractivity contribution is -0.143. The largest absolute Gasteiger partial charge is 0.455 e. The van der Waals surface area contributed by atoms with Gasteiger partial charge in [-0.05, 0) is 66.7 Å². The first-order valence-electron chi connectivity index (χ1n) is 10.1. The maximum Gasteiger partial charge on any atom is 0.416 e. The Morgan fingerprint density at radius 3 is 2.14 bits per heavy atom. The Labute approximate surface area is 198 Å². The highest BCUT2D eigenvalue weighted by Gasteiger charge is 2.37. The fourth-order valence-electron chi connectivity index (χ4n) is 3.28. The van der Waals surface area contributed by atoms with Crippen molar-refractivity contribution in [3.63, 3.8) is 0 Å². The van der Waals surface area contributed by atoms with Crippen LogP contribution in [0.3, 0.4) is 0 Å². The van der Waals surface area contributed by atoms with Crippen molar-refractivity contribution in [2.75, 3.05) is 0 Å². The van der Waals surface area contributed by atoms with E-state index in [9.17, 15) is 35.5 Å². The Morgan fingerprint density at radius 1 is 0.889 bits per heavy atom. The van der Waals surface area contributed by atoms with Crippen molar-refractivity contribution in [1.82, 2.24) is 9.99 Å². The number of alkyl halides is 6. The van der Waals surface area contributed by atoms with E-state index >= 15 is 0 Å². The van der Waals surface area contributed by atoms with E-state index in [1.165, 1.54) is 47.0 Å². The standard InChI is InChI=1S/C24H14F7N3O2/c25-17-3-5-18(6-4-17)34-9-1-2-20(34)22(35)33-32-13-19-7-8-21(36-19)14-10-15(23(26,27)28)12-16(11-14)24(29,30)31/h1-13H,(H,33,35). The van der Waals surface area contributed by atoms with Crippen LogP contribution in [0.1, 0.15) is 27.4 Å². The number of amides is 1. The summed E-state index contributed by atoms with van der Waals surface area (Å²) >= 11 is 0. The Balaban J connectivity index is 1.52. The van der Waals surface area contributed by atoms with Gasteiger partial charge in [0.1, 0.15) is 23.0 Å². The van der Waals surface area contributed by atoms with Gasteiger partial charge in [-0.1, -0.05) is 0 Å². The molecule has 4 rings (SSSR count). The molecule has 0 aliphatic heterocycles. The minimum atomic E-state index is -5.00. The van der Waals surface area contributed by atoms with Gasteiger partial charge in [0.15, 0.2) is 0 Å². The lowest BCUT2D eigenvalue weighted by Gasteiger charge is -2.13. The number of nitrogens with one attached hydrogen (secondary N) is 1. The lowest BCUT2D eigenvalue weighted by Crippen LogP contribution is -2.20. The fourth-order valence-corrected chi connectivity index (χ4v) is 3.28. The molecular formula is C24H14F7N3O2. The SMILES string of the molecule is O=C(NN=Cc1ccc(-c2cc(C(F)(F)F)cc(C(F)(F)F)c2)o1)c1cccn1-c1ccc(F)cc1. The first-order valence-corrected chi connectivity index (χ1v) is 10.1. The molecular weight excluding hydrogens is 495 g/mol. The monoisotopic (exact) mass is 509 g/mol. The molecule has 0 spiro atoms. The third kappa shape index (κ3) is 5.48. The molecule has 0 fully saturated rings. The van der Waals surface area contributed by atoms with Gasteiger partial charge in [0, 0.05) is 17.4 Å². The summed E-state index contributed by atoms with van der Waals surface area (Å²) in [4.78, 5) is 12.5. The van der Waals surface area contributed by atoms with E-state index in [4.69, 9.17) is 4.42 Å². The molecule has 0 saturated carbocycles. The topological polar surface area (TPSA) is 59.5 Å². The number of rotatable bonds is 5. The minimum Gasteiger partial charge on any atom is -0.455 e. The average Bonchev–Trinajstić information content (AvgIpc) is 3.48. The number of benzene rings is 2. The summed E-state index contributed by atoms with van der Waals surface area (Å²) in [6, 6.07) is 12.0. The molecule has 2 aromatic heterocycles. The molecule has 0 unspecified atom stereocenters. The predicted molar refractivity (Wildman–Crippen MR) is 115 cm³/mol. The van der Waals surface area contributed by atoms with Crippen LogP contribution in [0.25, 0.3) is 17.0 Å². The summed E-state index contributed by atoms with van der Waals surface area (Å²) in [7, 11) is 0. The predicted octanol–water partition coefficient (Wildman–Crippen LogP) is 6.68. The van der Waals surface area contributed by atoms with Crippen molar-refractivity contribution >= 4 is 12.1 Å². The van der Waals surface area contributed by atoms with Crippen LogP contribution >= 0.6 is 0 Å². The number of aromatic nitrogens is 1. The molecule has 2 heterocycles. The quantitative estimate of drug-likeness (QED) is 0.185. The zero-order valence-electron chi connectivity index (χ0n) is 17.9. The summed E-state index contributed by atoms with van der Waals surface area (Å²) in [5.74, 6) is -1.38. The molecule has 0 saturated heterocycles. The van der Waals surface area contributed by atoms with Crippen LogP contribution < -0.4 is 5.43 Å². The van der Waals surface area contributed by atoms with E-state index in [0.29, 0.717) is 17.8 Å². The van der Waals surface area contributed by atoms with Gasteiger partial charge in [-0.25, -0.2) is 9.82 Å². The number of halogens is 7. The van der Waals surface area contributed by atoms with Gasteiger partial charge in [-0.15, -0.1) is 0 Å². The van der Waals surface area contributed by atoms with Gasteiger partial charge in [0.25, 0.3) is 5.91 Å². The molecule has 5 nitrogen and oxygen atoms in total. The van der Waals surface area contributed by atoms with Crippen molar-refractivity contribution < 1.29 is 39.9 Å². The number of furan rings is 1. The summed E-state index contributed by atoms with van der Waals surface area (Å²) in [6.07, 6.45) is -7.38. The van der Waals surface area contributed by atoms with Gasteiger partial charge in [-0.3, -0.25) is 4.79 Å². The highest BCUT2D eigenvalue weighted by Crippen LogP contribution is 2.38. The second kappa shape index (κ2) is 9.36. The van der Waals surface area contributed by atoms with E-state index in [2.05, 4.69) is 10.5 Å². The molecule has 2 aromatic carbocycles. The Bertz CT molecular complexity index is 1380. The first-order chi connectivity index (χ1) is 16.9. The molecule has 0 radical (unpaired) electrons. The minimum absolute atomic E-state index is 0.0200. The maximum atomic E-state index is 13.2. The molecule has 1 N–H and O–H groups in total. The van der Waals surface area contributed by atoms with Crippen molar-refractivity contribution in [2.24, 2.45) is 5.10 Å². The van der Waals surface area contributed by atoms with Gasteiger partial charge in [-0.2, -0.15) is 31.4 Å². The number of hydrazone groups is 1. The molecule has 186 valence electrons. The Morgan fingerprint density at radius 2 is 1.53 bits per heavy atom. The highest BCUT2D eigenvalue weighted by molar-refractivity contribution is 5.94. The number of hydrogen-bond donors (Lipinski definition) is 1. The van der Waals surface area contributed by atoms with E-state index in [-0.39, 0.29) is 23.3 Å². The average molecular weight is 509 g/mol. The molecule has 0 bridgehead atoms. The maximum absolute atomic E-state index is 13.2. The van der Waals surface area contributed by atoms with Crippen LogP contribution in [-0.2, 0) is 12.4 Å². The number of nitrogens with zero attached hydrogens (tertiary/aromatic N) is 2. The van der Waals surface area contributed by atoms with Crippen molar-refractivity contribution in [3.05, 3.63) is 101 Å². The van der Waals surface area contributed by atoms with Gasteiger partial charge < -0.3 is 8.98 Å². The van der Waals surface area contributed by atoms with E-state index in [1.807, 2.05) is 0 Å². The summed E-state index contributed by atoms with van der Waals surface area (Å²) in [6.45, 7) is 0. The van der Waals surface area contributed by atoms with Gasteiger partial charge in [0.2, 0.25) is 0 Å². The van der Waals surface area contributed by atoms with Crippen LogP contribution in [0.2, 0.25) is 0 Å². The fraction of sp³-hybridized carbons (Fsp3) is 0.0833. The zero-order chi connectivity index (χ0) is 26.1. The van der Waals surface area contributed by atoms with Crippen LogP contribution in [0, 0.1) is 5.82 Å². The summed E-state index contributed by atoms with van der Waals surface area (Å²) in [5.41, 5.74) is -0.457. The van der Waals surface area contributed by atoms with Crippen LogP contribution in [0.4, 0.5) is 30.7 Å². The highest BCUT2D eigenvalue weighted by atomic mass is 19.4. The molecule has 4 aromatic rings. The third-order valence-electron chi connectivity index (χ3n) is 4.94. The van der Waals surface area contributed by atoms with Gasteiger partial charge >= 0.3 is 12.4 Å². The van der Waals surface area contributed by atoms with Crippen molar-refractivity contribution in [1.29, 1.82) is 0 Å². The first kappa shape index (κ1) is 24.8.